The van der Waals surface area contributed by atoms with Crippen LogP contribution >= 0.6 is 0 Å². The van der Waals surface area contributed by atoms with Gasteiger partial charge in [0, 0.05) is 18.4 Å². The van der Waals surface area contributed by atoms with E-state index < -0.39 is 0 Å². The van der Waals surface area contributed by atoms with E-state index in [-0.39, 0.29) is 11.8 Å². The fourth-order valence-electron chi connectivity index (χ4n) is 3.78. The summed E-state index contributed by atoms with van der Waals surface area (Å²) in [6.07, 6.45) is 7.47. The molecule has 0 saturated carbocycles. The molecule has 2 amide bonds. The lowest BCUT2D eigenvalue weighted by Gasteiger charge is -2.18. The number of anilines is 1. The van der Waals surface area contributed by atoms with Crippen LogP contribution in [0.2, 0.25) is 0 Å². The third-order valence-corrected chi connectivity index (χ3v) is 5.11. The van der Waals surface area contributed by atoms with E-state index in [1.807, 2.05) is 54.6 Å². The van der Waals surface area contributed by atoms with Crippen molar-refractivity contribution in [2.24, 2.45) is 0 Å². The minimum absolute atomic E-state index is 0.128. The van der Waals surface area contributed by atoms with Crippen molar-refractivity contribution < 1.29 is 9.59 Å². The Balaban J connectivity index is 1.82. The average Bonchev–Trinajstić information content (AvgIpc) is 3.37. The Bertz CT molecular complexity index is 1030. The molecule has 0 bridgehead atoms. The first-order valence-corrected chi connectivity index (χ1v) is 9.57. The number of nitrogens with zero attached hydrogens (tertiary/aromatic N) is 1. The van der Waals surface area contributed by atoms with Gasteiger partial charge in [-0.05, 0) is 53.0 Å². The van der Waals surface area contributed by atoms with E-state index in [9.17, 15) is 9.59 Å². The maximum absolute atomic E-state index is 12.0. The monoisotopic (exact) mass is 367 g/mol. The van der Waals surface area contributed by atoms with Gasteiger partial charge in [-0.25, -0.2) is 0 Å². The van der Waals surface area contributed by atoms with Crippen molar-refractivity contribution in [1.29, 1.82) is 0 Å². The van der Waals surface area contributed by atoms with Gasteiger partial charge < -0.3 is 0 Å². The molecule has 28 heavy (non-hydrogen) atoms. The molecular formula is C25H21NO2. The zero-order valence-corrected chi connectivity index (χ0v) is 15.8. The molecule has 0 atom stereocenters. The van der Waals surface area contributed by atoms with Crippen molar-refractivity contribution in [3.63, 3.8) is 0 Å². The van der Waals surface area contributed by atoms with Gasteiger partial charge in [0.15, 0.2) is 0 Å². The molecule has 2 aromatic rings. The number of imide groups is 1. The van der Waals surface area contributed by atoms with Gasteiger partial charge in [0.05, 0.1) is 5.69 Å². The second-order valence-corrected chi connectivity index (χ2v) is 6.83. The zero-order valence-electron chi connectivity index (χ0n) is 15.8. The van der Waals surface area contributed by atoms with Crippen molar-refractivity contribution in [1.82, 2.24) is 0 Å². The van der Waals surface area contributed by atoms with Gasteiger partial charge in [-0.15, -0.1) is 5.73 Å². The van der Waals surface area contributed by atoms with Crippen LogP contribution in [-0.2, 0) is 9.59 Å². The summed E-state index contributed by atoms with van der Waals surface area (Å²) in [6, 6.07) is 18.0. The molecule has 138 valence electrons. The number of allylic oxidation sites excluding steroid dienone is 4. The van der Waals surface area contributed by atoms with E-state index in [1.54, 1.807) is 0 Å². The zero-order chi connectivity index (χ0) is 19.5. The first kappa shape index (κ1) is 18.0. The maximum Gasteiger partial charge on any atom is 0.234 e. The highest BCUT2D eigenvalue weighted by atomic mass is 16.2. The molecule has 0 aromatic heterocycles. The lowest BCUT2D eigenvalue weighted by atomic mass is 9.88. The molecule has 1 aliphatic heterocycles. The molecule has 1 heterocycles. The van der Waals surface area contributed by atoms with Crippen LogP contribution in [0.15, 0.2) is 89.7 Å². The van der Waals surface area contributed by atoms with Crippen molar-refractivity contribution in [2.75, 3.05) is 4.90 Å². The predicted molar refractivity (Wildman–Crippen MR) is 112 cm³/mol. The van der Waals surface area contributed by atoms with Crippen LogP contribution in [0, 0.1) is 0 Å². The van der Waals surface area contributed by atoms with Crippen LogP contribution in [0.1, 0.15) is 37.3 Å². The number of hydrogen-bond donors (Lipinski definition) is 0. The highest BCUT2D eigenvalue weighted by Gasteiger charge is 2.30. The number of rotatable bonds is 5. The Morgan fingerprint density at radius 1 is 0.929 bits per heavy atom. The summed E-state index contributed by atoms with van der Waals surface area (Å²) in [7, 11) is 0. The average molecular weight is 367 g/mol. The van der Waals surface area contributed by atoms with Crippen LogP contribution < -0.4 is 4.90 Å². The first-order chi connectivity index (χ1) is 13.7. The number of carbonyl (C=O) groups is 2. The molecule has 2 aromatic carbocycles. The quantitative estimate of drug-likeness (QED) is 0.538. The second-order valence-electron chi connectivity index (χ2n) is 6.83. The molecule has 0 unspecified atom stereocenters. The highest BCUT2D eigenvalue weighted by molar-refractivity contribution is 6.19. The predicted octanol–water partition coefficient (Wildman–Crippen LogP) is 5.20. The Kier molecular flexibility index (Phi) is 4.92. The van der Waals surface area contributed by atoms with Crippen LogP contribution in [-0.4, -0.2) is 11.8 Å². The van der Waals surface area contributed by atoms with Gasteiger partial charge >= 0.3 is 0 Å². The molecule has 3 nitrogen and oxygen atoms in total. The van der Waals surface area contributed by atoms with Crippen molar-refractivity contribution in [3.8, 4) is 0 Å². The van der Waals surface area contributed by atoms with Crippen LogP contribution in [0.3, 0.4) is 0 Å². The van der Waals surface area contributed by atoms with Gasteiger partial charge in [0.1, 0.15) is 0 Å². The Hall–Kier alpha value is -3.42. The number of amides is 2. The Morgan fingerprint density at radius 2 is 1.57 bits per heavy atom. The summed E-state index contributed by atoms with van der Waals surface area (Å²) in [5.74, 6) is -0.255. The fourth-order valence-corrected chi connectivity index (χ4v) is 3.78. The Morgan fingerprint density at radius 3 is 2.14 bits per heavy atom. The minimum Gasteiger partial charge on any atom is -0.274 e. The van der Waals surface area contributed by atoms with Crippen LogP contribution in [0.25, 0.3) is 5.57 Å². The second kappa shape index (κ2) is 7.67. The molecule has 4 rings (SSSR count). The van der Waals surface area contributed by atoms with Gasteiger partial charge in [0.25, 0.3) is 0 Å². The third kappa shape index (κ3) is 3.28. The normalized spacial score (nSPS) is 16.6. The van der Waals surface area contributed by atoms with E-state index >= 15 is 0 Å². The van der Waals surface area contributed by atoms with Crippen molar-refractivity contribution >= 4 is 23.1 Å². The SMILES string of the molecule is CC/C(C1=C=CC=C1)=C(/c1ccccc1)c1ccc(N2C(=O)CCC2=O)cc1. The van der Waals surface area contributed by atoms with E-state index in [0.717, 1.165) is 28.7 Å². The third-order valence-electron chi connectivity index (χ3n) is 5.11. The summed E-state index contributed by atoms with van der Waals surface area (Å²) in [5, 5.41) is 0. The maximum atomic E-state index is 12.0. The molecule has 0 radical (unpaired) electrons. The fraction of sp³-hybridized carbons (Fsp3) is 0.160. The summed E-state index contributed by atoms with van der Waals surface area (Å²) >= 11 is 0. The van der Waals surface area contributed by atoms with Gasteiger partial charge in [-0.3, -0.25) is 14.5 Å². The molecular weight excluding hydrogens is 346 g/mol. The van der Waals surface area contributed by atoms with E-state index in [1.165, 1.54) is 10.5 Å². The molecule has 0 spiro atoms. The lowest BCUT2D eigenvalue weighted by Crippen LogP contribution is -2.28. The topological polar surface area (TPSA) is 37.4 Å². The summed E-state index contributed by atoms with van der Waals surface area (Å²) in [4.78, 5) is 25.3. The van der Waals surface area contributed by atoms with Gasteiger partial charge in [-0.2, -0.15) is 0 Å². The molecule has 2 aliphatic rings. The minimum atomic E-state index is -0.128. The number of carbonyl (C=O) groups excluding carboxylic acids is 2. The van der Waals surface area contributed by atoms with Crippen LogP contribution in [0.4, 0.5) is 5.69 Å². The van der Waals surface area contributed by atoms with Crippen molar-refractivity contribution in [2.45, 2.75) is 26.2 Å². The summed E-state index contributed by atoms with van der Waals surface area (Å²) in [6.45, 7) is 2.15. The van der Waals surface area contributed by atoms with E-state index in [2.05, 4.69) is 30.9 Å². The molecule has 1 fully saturated rings. The van der Waals surface area contributed by atoms with Crippen molar-refractivity contribution in [3.05, 3.63) is 101 Å². The highest BCUT2D eigenvalue weighted by Crippen LogP contribution is 2.34. The van der Waals surface area contributed by atoms with E-state index in [0.29, 0.717) is 18.5 Å². The molecule has 1 saturated heterocycles. The summed E-state index contributed by atoms with van der Waals surface area (Å²) in [5.41, 5.74) is 9.61. The molecule has 1 aliphatic carbocycles. The summed E-state index contributed by atoms with van der Waals surface area (Å²) < 4.78 is 0. The number of hydrogen-bond acceptors (Lipinski definition) is 2. The number of benzene rings is 2. The first-order valence-electron chi connectivity index (χ1n) is 9.57. The lowest BCUT2D eigenvalue weighted by molar-refractivity contribution is -0.121. The standard InChI is InChI=1S/C25H21NO2/c1-2-22(18-8-6-7-9-18)25(19-10-4-3-5-11-19)20-12-14-21(15-13-20)26-23(27)16-17-24(26)28/h3-8,10-15H,2,16-17H2,1H3/b25-22+. The largest absolute Gasteiger partial charge is 0.274 e. The van der Waals surface area contributed by atoms with Gasteiger partial charge in [0.2, 0.25) is 11.8 Å². The smallest absolute Gasteiger partial charge is 0.234 e. The van der Waals surface area contributed by atoms with Gasteiger partial charge in [-0.1, -0.05) is 55.5 Å². The van der Waals surface area contributed by atoms with E-state index in [4.69, 9.17) is 0 Å². The van der Waals surface area contributed by atoms with Crippen LogP contribution in [0.5, 0.6) is 0 Å². The molecule has 3 heteroatoms. The molecule has 0 N–H and O–H groups in total. The Labute approximate surface area is 165 Å².